The van der Waals surface area contributed by atoms with E-state index in [1.54, 1.807) is 24.3 Å². The minimum absolute atomic E-state index is 0.0655. The van der Waals surface area contributed by atoms with Crippen LogP contribution in [0.3, 0.4) is 0 Å². The highest BCUT2D eigenvalue weighted by Crippen LogP contribution is 2.35. The van der Waals surface area contributed by atoms with Crippen molar-refractivity contribution in [1.82, 2.24) is 0 Å². The van der Waals surface area contributed by atoms with Gasteiger partial charge in [0.25, 0.3) is 0 Å². The standard InChI is InChI=1S/C22H14F3NO4S/c23-22(24,25)15-9-5-13(6-10-15)19-20(27)17-3-1-2-4-18(17)30-21(19)14-7-11-16(12-8-14)31(26,28)29/h1-12H,(H2,26,28,29). The van der Waals surface area contributed by atoms with Crippen LogP contribution in [0.1, 0.15) is 5.56 Å². The van der Waals surface area contributed by atoms with E-state index in [4.69, 9.17) is 9.56 Å². The molecular formula is C22H14F3NO4S. The third kappa shape index (κ3) is 3.97. The summed E-state index contributed by atoms with van der Waals surface area (Å²) in [6, 6.07) is 16.0. The SMILES string of the molecule is NS(=O)(=O)c1ccc(-c2oc3ccccc3c(=O)c2-c2ccc(C(F)(F)F)cc2)cc1. The second kappa shape index (κ2) is 7.36. The van der Waals surface area contributed by atoms with Gasteiger partial charge in [0.05, 0.1) is 21.4 Å². The summed E-state index contributed by atoms with van der Waals surface area (Å²) in [6.45, 7) is 0. The minimum Gasteiger partial charge on any atom is -0.455 e. The Morgan fingerprint density at radius 2 is 1.39 bits per heavy atom. The van der Waals surface area contributed by atoms with E-state index >= 15 is 0 Å². The summed E-state index contributed by atoms with van der Waals surface area (Å²) in [6.07, 6.45) is -4.51. The lowest BCUT2D eigenvalue weighted by Crippen LogP contribution is -2.12. The molecule has 0 saturated heterocycles. The molecule has 0 spiro atoms. The lowest BCUT2D eigenvalue weighted by molar-refractivity contribution is -0.137. The predicted octanol–water partition coefficient (Wildman–Crippen LogP) is 4.79. The molecule has 0 atom stereocenters. The maximum absolute atomic E-state index is 13.2. The van der Waals surface area contributed by atoms with Crippen molar-refractivity contribution in [2.45, 2.75) is 11.1 Å². The van der Waals surface area contributed by atoms with Crippen LogP contribution in [-0.4, -0.2) is 8.42 Å². The van der Waals surface area contributed by atoms with Crippen molar-refractivity contribution < 1.29 is 26.0 Å². The molecule has 1 heterocycles. The highest BCUT2D eigenvalue weighted by molar-refractivity contribution is 7.89. The van der Waals surface area contributed by atoms with E-state index in [2.05, 4.69) is 0 Å². The number of nitrogens with two attached hydrogens (primary N) is 1. The Labute approximate surface area is 174 Å². The molecule has 4 aromatic rings. The monoisotopic (exact) mass is 445 g/mol. The molecule has 1 aromatic heterocycles. The highest BCUT2D eigenvalue weighted by atomic mass is 32.2. The number of rotatable bonds is 3. The first-order valence-corrected chi connectivity index (χ1v) is 10.5. The maximum Gasteiger partial charge on any atom is 0.416 e. The Hall–Kier alpha value is -3.43. The summed E-state index contributed by atoms with van der Waals surface area (Å²) in [7, 11) is -3.92. The molecule has 0 fully saturated rings. The van der Waals surface area contributed by atoms with Gasteiger partial charge in [0.2, 0.25) is 15.5 Å². The van der Waals surface area contributed by atoms with Gasteiger partial charge in [-0.15, -0.1) is 0 Å². The predicted molar refractivity (Wildman–Crippen MR) is 110 cm³/mol. The Kier molecular flexibility index (Phi) is 4.95. The van der Waals surface area contributed by atoms with Gasteiger partial charge in [-0.2, -0.15) is 13.2 Å². The maximum atomic E-state index is 13.2. The van der Waals surface area contributed by atoms with Gasteiger partial charge in [-0.25, -0.2) is 13.6 Å². The molecule has 9 heteroatoms. The second-order valence-electron chi connectivity index (χ2n) is 6.78. The summed E-state index contributed by atoms with van der Waals surface area (Å²) < 4.78 is 67.8. The third-order valence-corrected chi connectivity index (χ3v) is 5.67. The zero-order valence-corrected chi connectivity index (χ0v) is 16.5. The van der Waals surface area contributed by atoms with Gasteiger partial charge in [0.1, 0.15) is 11.3 Å². The summed E-state index contributed by atoms with van der Waals surface area (Å²) in [5, 5.41) is 5.39. The summed E-state index contributed by atoms with van der Waals surface area (Å²) in [5.41, 5.74) is -0.319. The molecule has 0 aliphatic carbocycles. The molecule has 0 aliphatic rings. The molecular weight excluding hydrogens is 431 g/mol. The molecule has 0 amide bonds. The average molecular weight is 445 g/mol. The zero-order valence-electron chi connectivity index (χ0n) is 15.7. The van der Waals surface area contributed by atoms with Crippen molar-refractivity contribution in [3.8, 4) is 22.5 Å². The van der Waals surface area contributed by atoms with Crippen molar-refractivity contribution in [2.24, 2.45) is 5.14 Å². The van der Waals surface area contributed by atoms with E-state index in [-0.39, 0.29) is 32.8 Å². The molecule has 3 aromatic carbocycles. The van der Waals surface area contributed by atoms with Crippen molar-refractivity contribution >= 4 is 21.0 Å². The topological polar surface area (TPSA) is 90.4 Å². The number of fused-ring (bicyclic) bond motifs is 1. The molecule has 5 nitrogen and oxygen atoms in total. The smallest absolute Gasteiger partial charge is 0.416 e. The molecule has 0 bridgehead atoms. The van der Waals surface area contributed by atoms with Crippen LogP contribution in [0.4, 0.5) is 13.2 Å². The normalized spacial score (nSPS) is 12.3. The van der Waals surface area contributed by atoms with Crippen LogP contribution in [0.25, 0.3) is 33.4 Å². The van der Waals surface area contributed by atoms with E-state index in [1.807, 2.05) is 0 Å². The number of benzene rings is 3. The Morgan fingerprint density at radius 3 is 1.97 bits per heavy atom. The minimum atomic E-state index is -4.51. The van der Waals surface area contributed by atoms with Gasteiger partial charge in [0.15, 0.2) is 0 Å². The fourth-order valence-electron chi connectivity index (χ4n) is 3.23. The van der Waals surface area contributed by atoms with Crippen molar-refractivity contribution in [1.29, 1.82) is 0 Å². The number of hydrogen-bond acceptors (Lipinski definition) is 4. The quantitative estimate of drug-likeness (QED) is 0.491. The van der Waals surface area contributed by atoms with Crippen LogP contribution in [0.15, 0.2) is 86.9 Å². The average Bonchev–Trinajstić information content (AvgIpc) is 2.73. The molecule has 0 aliphatic heterocycles. The fraction of sp³-hybridized carbons (Fsp3) is 0.0455. The van der Waals surface area contributed by atoms with Gasteiger partial charge < -0.3 is 4.42 Å². The van der Waals surface area contributed by atoms with Crippen LogP contribution in [0.5, 0.6) is 0 Å². The van der Waals surface area contributed by atoms with E-state index in [0.717, 1.165) is 12.1 Å². The largest absolute Gasteiger partial charge is 0.455 e. The Balaban J connectivity index is 1.98. The van der Waals surface area contributed by atoms with Gasteiger partial charge in [-0.1, -0.05) is 24.3 Å². The first-order valence-electron chi connectivity index (χ1n) is 8.92. The number of para-hydroxylation sites is 1. The Bertz CT molecular complexity index is 1440. The van der Waals surface area contributed by atoms with Crippen LogP contribution in [0, 0.1) is 0 Å². The molecule has 31 heavy (non-hydrogen) atoms. The summed E-state index contributed by atoms with van der Waals surface area (Å²) in [5.74, 6) is 0.101. The third-order valence-electron chi connectivity index (χ3n) is 4.74. The molecule has 0 radical (unpaired) electrons. The van der Waals surface area contributed by atoms with E-state index in [0.29, 0.717) is 5.56 Å². The lowest BCUT2D eigenvalue weighted by Gasteiger charge is -2.12. The molecule has 158 valence electrons. The lowest BCUT2D eigenvalue weighted by atomic mass is 9.97. The number of alkyl halides is 3. The number of primary sulfonamides is 1. The molecule has 4 rings (SSSR count). The van der Waals surface area contributed by atoms with Crippen LogP contribution in [0.2, 0.25) is 0 Å². The van der Waals surface area contributed by atoms with Crippen LogP contribution in [-0.2, 0) is 16.2 Å². The van der Waals surface area contributed by atoms with Gasteiger partial charge >= 0.3 is 6.18 Å². The fourth-order valence-corrected chi connectivity index (χ4v) is 3.74. The summed E-state index contributed by atoms with van der Waals surface area (Å²) in [4.78, 5) is 13.1. The highest BCUT2D eigenvalue weighted by Gasteiger charge is 2.30. The van der Waals surface area contributed by atoms with E-state index in [1.165, 1.54) is 36.4 Å². The van der Waals surface area contributed by atoms with E-state index in [9.17, 15) is 26.4 Å². The Morgan fingerprint density at radius 1 is 0.806 bits per heavy atom. The van der Waals surface area contributed by atoms with Crippen LogP contribution >= 0.6 is 0 Å². The first-order chi connectivity index (χ1) is 14.6. The van der Waals surface area contributed by atoms with Crippen LogP contribution < -0.4 is 10.6 Å². The number of hydrogen-bond donors (Lipinski definition) is 1. The summed E-state index contributed by atoms with van der Waals surface area (Å²) >= 11 is 0. The second-order valence-corrected chi connectivity index (χ2v) is 8.34. The molecule has 2 N–H and O–H groups in total. The van der Waals surface area contributed by atoms with Gasteiger partial charge in [-0.05, 0) is 54.1 Å². The van der Waals surface area contributed by atoms with Gasteiger partial charge in [0, 0.05) is 5.56 Å². The first kappa shape index (κ1) is 20.8. The molecule has 0 saturated carbocycles. The molecule has 0 unspecified atom stereocenters. The number of halogens is 3. The number of sulfonamides is 1. The van der Waals surface area contributed by atoms with Gasteiger partial charge in [-0.3, -0.25) is 4.79 Å². The van der Waals surface area contributed by atoms with Crippen molar-refractivity contribution in [3.63, 3.8) is 0 Å². The zero-order chi connectivity index (χ0) is 22.4. The van der Waals surface area contributed by atoms with E-state index < -0.39 is 27.2 Å². The van der Waals surface area contributed by atoms with Crippen molar-refractivity contribution in [3.05, 3.63) is 88.6 Å². The van der Waals surface area contributed by atoms with Crippen molar-refractivity contribution in [2.75, 3.05) is 0 Å².